The highest BCUT2D eigenvalue weighted by Gasteiger charge is 2.02. The van der Waals surface area contributed by atoms with Crippen LogP contribution in [0.1, 0.15) is 0 Å². The Morgan fingerprint density at radius 1 is 1.06 bits per heavy atom. The first kappa shape index (κ1) is 9.54. The molecule has 16 heavy (non-hydrogen) atoms. The number of H-pyrrole nitrogens is 1. The molecule has 3 rings (SSSR count). The summed E-state index contributed by atoms with van der Waals surface area (Å²) in [6.07, 6.45) is 3.62. The standard InChI is InChI=1S/C12H8BrN3/c13-9-3-1-8(2-4-9)11-7-15-12-10(16-11)5-6-14-12/h1-7H,(H,14,15). The SMILES string of the molecule is Brc1ccc(-c2cnc3[nH]ccc3n2)cc1. The third kappa shape index (κ3) is 1.61. The third-order valence-corrected chi connectivity index (χ3v) is 2.93. The Bertz CT molecular complexity index is 628. The molecule has 0 aliphatic heterocycles. The van der Waals surface area contributed by atoms with Crippen LogP contribution in [0.25, 0.3) is 22.4 Å². The van der Waals surface area contributed by atoms with E-state index >= 15 is 0 Å². The number of aromatic nitrogens is 3. The first-order valence-corrected chi connectivity index (χ1v) is 5.68. The van der Waals surface area contributed by atoms with Gasteiger partial charge in [0.25, 0.3) is 0 Å². The number of hydrogen-bond donors (Lipinski definition) is 1. The summed E-state index contributed by atoms with van der Waals surface area (Å²) in [5.41, 5.74) is 3.67. The summed E-state index contributed by atoms with van der Waals surface area (Å²) in [6, 6.07) is 9.96. The topological polar surface area (TPSA) is 41.6 Å². The van der Waals surface area contributed by atoms with Crippen molar-refractivity contribution in [2.24, 2.45) is 0 Å². The van der Waals surface area contributed by atoms with Crippen molar-refractivity contribution in [1.29, 1.82) is 0 Å². The second-order valence-corrected chi connectivity index (χ2v) is 4.39. The number of nitrogens with zero attached hydrogens (tertiary/aromatic N) is 2. The Labute approximate surface area is 101 Å². The molecule has 4 heteroatoms. The van der Waals surface area contributed by atoms with Gasteiger partial charge in [0.05, 0.1) is 11.9 Å². The van der Waals surface area contributed by atoms with E-state index in [1.165, 1.54) is 0 Å². The molecule has 0 spiro atoms. The van der Waals surface area contributed by atoms with Crippen LogP contribution in [-0.2, 0) is 0 Å². The summed E-state index contributed by atoms with van der Waals surface area (Å²) >= 11 is 3.41. The van der Waals surface area contributed by atoms with E-state index in [0.717, 1.165) is 26.9 Å². The number of halogens is 1. The lowest BCUT2D eigenvalue weighted by Gasteiger charge is -2.00. The van der Waals surface area contributed by atoms with Crippen molar-refractivity contribution in [3.05, 3.63) is 47.2 Å². The van der Waals surface area contributed by atoms with Crippen LogP contribution in [0.2, 0.25) is 0 Å². The molecule has 3 nitrogen and oxygen atoms in total. The zero-order chi connectivity index (χ0) is 11.0. The van der Waals surface area contributed by atoms with E-state index in [9.17, 15) is 0 Å². The predicted molar refractivity (Wildman–Crippen MR) is 67.0 cm³/mol. The summed E-state index contributed by atoms with van der Waals surface area (Å²) in [6.45, 7) is 0. The molecule has 0 aliphatic carbocycles. The smallest absolute Gasteiger partial charge is 0.156 e. The first-order chi connectivity index (χ1) is 7.83. The van der Waals surface area contributed by atoms with E-state index in [4.69, 9.17) is 0 Å². The van der Waals surface area contributed by atoms with E-state index in [0.29, 0.717) is 0 Å². The largest absolute Gasteiger partial charge is 0.345 e. The normalized spacial score (nSPS) is 10.8. The van der Waals surface area contributed by atoms with Crippen molar-refractivity contribution < 1.29 is 0 Å². The van der Waals surface area contributed by atoms with E-state index in [1.807, 2.05) is 36.5 Å². The molecule has 0 radical (unpaired) electrons. The number of rotatable bonds is 1. The molecule has 0 bridgehead atoms. The second kappa shape index (κ2) is 3.72. The molecule has 0 saturated carbocycles. The first-order valence-electron chi connectivity index (χ1n) is 4.89. The molecule has 2 aromatic heterocycles. The van der Waals surface area contributed by atoms with Gasteiger partial charge in [-0.25, -0.2) is 9.97 Å². The van der Waals surface area contributed by atoms with Gasteiger partial charge in [0.1, 0.15) is 5.52 Å². The average molecular weight is 274 g/mol. The van der Waals surface area contributed by atoms with Crippen molar-refractivity contribution in [2.45, 2.75) is 0 Å². The summed E-state index contributed by atoms with van der Waals surface area (Å²) in [4.78, 5) is 11.9. The Balaban J connectivity index is 2.14. The Kier molecular flexibility index (Phi) is 2.22. The minimum Gasteiger partial charge on any atom is -0.345 e. The highest BCUT2D eigenvalue weighted by atomic mass is 79.9. The van der Waals surface area contributed by atoms with Crippen LogP contribution in [0.3, 0.4) is 0 Å². The molecule has 78 valence electrons. The molecule has 0 fully saturated rings. The maximum atomic E-state index is 4.53. The van der Waals surface area contributed by atoms with Crippen molar-refractivity contribution >= 4 is 27.1 Å². The van der Waals surface area contributed by atoms with E-state index in [2.05, 4.69) is 30.9 Å². The fourth-order valence-corrected chi connectivity index (χ4v) is 1.85. The molecule has 0 aliphatic rings. The van der Waals surface area contributed by atoms with Gasteiger partial charge in [-0.3, -0.25) is 0 Å². The molecule has 1 N–H and O–H groups in total. The maximum absolute atomic E-state index is 4.53. The fraction of sp³-hybridized carbons (Fsp3) is 0. The minimum atomic E-state index is 0.820. The number of benzene rings is 1. The quantitative estimate of drug-likeness (QED) is 0.739. The van der Waals surface area contributed by atoms with E-state index in [1.54, 1.807) is 6.20 Å². The highest BCUT2D eigenvalue weighted by Crippen LogP contribution is 2.20. The van der Waals surface area contributed by atoms with Gasteiger partial charge in [0.15, 0.2) is 5.65 Å². The van der Waals surface area contributed by atoms with Gasteiger partial charge in [0, 0.05) is 16.2 Å². The number of fused-ring (bicyclic) bond motifs is 1. The molecule has 3 aromatic rings. The van der Waals surface area contributed by atoms with Crippen molar-refractivity contribution in [2.75, 3.05) is 0 Å². The summed E-state index contributed by atoms with van der Waals surface area (Å²) < 4.78 is 1.06. The van der Waals surface area contributed by atoms with Crippen LogP contribution >= 0.6 is 15.9 Å². The predicted octanol–water partition coefficient (Wildman–Crippen LogP) is 3.39. The minimum absolute atomic E-state index is 0.820. The van der Waals surface area contributed by atoms with Gasteiger partial charge in [-0.05, 0) is 18.2 Å². The molecular formula is C12H8BrN3. The van der Waals surface area contributed by atoms with Crippen molar-refractivity contribution in [3.8, 4) is 11.3 Å². The van der Waals surface area contributed by atoms with Crippen LogP contribution in [0, 0.1) is 0 Å². The molecule has 1 aromatic carbocycles. The van der Waals surface area contributed by atoms with Gasteiger partial charge in [-0.1, -0.05) is 28.1 Å². The molecule has 0 atom stereocenters. The fourth-order valence-electron chi connectivity index (χ4n) is 1.59. The van der Waals surface area contributed by atoms with Crippen LogP contribution in [0.4, 0.5) is 0 Å². The monoisotopic (exact) mass is 273 g/mol. The van der Waals surface area contributed by atoms with Crippen LogP contribution in [0.5, 0.6) is 0 Å². The van der Waals surface area contributed by atoms with Crippen LogP contribution in [0.15, 0.2) is 47.2 Å². The summed E-state index contributed by atoms with van der Waals surface area (Å²) in [5.74, 6) is 0. The zero-order valence-electron chi connectivity index (χ0n) is 8.31. The Hall–Kier alpha value is -1.68. The van der Waals surface area contributed by atoms with Gasteiger partial charge >= 0.3 is 0 Å². The maximum Gasteiger partial charge on any atom is 0.156 e. The molecular weight excluding hydrogens is 266 g/mol. The number of nitrogens with one attached hydrogen (secondary N) is 1. The Morgan fingerprint density at radius 2 is 1.88 bits per heavy atom. The van der Waals surface area contributed by atoms with Gasteiger partial charge in [-0.15, -0.1) is 0 Å². The summed E-state index contributed by atoms with van der Waals surface area (Å²) in [5, 5.41) is 0. The lowest BCUT2D eigenvalue weighted by Crippen LogP contribution is -1.86. The van der Waals surface area contributed by atoms with Crippen LogP contribution in [-0.4, -0.2) is 15.0 Å². The Morgan fingerprint density at radius 3 is 2.69 bits per heavy atom. The third-order valence-electron chi connectivity index (χ3n) is 2.40. The molecule has 0 amide bonds. The zero-order valence-corrected chi connectivity index (χ0v) is 9.90. The van der Waals surface area contributed by atoms with Crippen molar-refractivity contribution in [1.82, 2.24) is 15.0 Å². The van der Waals surface area contributed by atoms with Crippen LogP contribution < -0.4 is 0 Å². The van der Waals surface area contributed by atoms with E-state index < -0.39 is 0 Å². The lowest BCUT2D eigenvalue weighted by molar-refractivity contribution is 1.26. The second-order valence-electron chi connectivity index (χ2n) is 3.47. The average Bonchev–Trinajstić information content (AvgIpc) is 2.77. The number of aromatic amines is 1. The molecule has 0 saturated heterocycles. The van der Waals surface area contributed by atoms with Crippen molar-refractivity contribution in [3.63, 3.8) is 0 Å². The highest BCUT2D eigenvalue weighted by molar-refractivity contribution is 9.10. The lowest BCUT2D eigenvalue weighted by atomic mass is 10.2. The molecule has 2 heterocycles. The number of hydrogen-bond acceptors (Lipinski definition) is 2. The molecule has 0 unspecified atom stereocenters. The van der Waals surface area contributed by atoms with Gasteiger partial charge in [0.2, 0.25) is 0 Å². The van der Waals surface area contributed by atoms with Gasteiger partial charge in [-0.2, -0.15) is 0 Å². The van der Waals surface area contributed by atoms with Gasteiger partial charge < -0.3 is 4.98 Å². The summed E-state index contributed by atoms with van der Waals surface area (Å²) in [7, 11) is 0. The van der Waals surface area contributed by atoms with E-state index in [-0.39, 0.29) is 0 Å².